The van der Waals surface area contributed by atoms with E-state index >= 15 is 0 Å². The summed E-state index contributed by atoms with van der Waals surface area (Å²) in [6.07, 6.45) is 1.60. The molecule has 6 heteroatoms. The standard InChI is InChI=1S/C18H21N3O3/c1-4-21(5-2)17(22)16-10-9-15(12-19-16)20-14-8-6-7-13(11-14)18(23)24-3/h6-12,20H,4-5H2,1-3H3. The topological polar surface area (TPSA) is 71.5 Å². The Morgan fingerprint density at radius 2 is 1.88 bits per heavy atom. The minimum atomic E-state index is -0.392. The number of anilines is 2. The Labute approximate surface area is 141 Å². The van der Waals surface area contributed by atoms with Gasteiger partial charge in [0.05, 0.1) is 24.6 Å². The highest BCUT2D eigenvalue weighted by Gasteiger charge is 2.13. The van der Waals surface area contributed by atoms with E-state index in [0.717, 1.165) is 11.4 Å². The van der Waals surface area contributed by atoms with Crippen molar-refractivity contribution in [2.24, 2.45) is 0 Å². The molecule has 1 N–H and O–H groups in total. The van der Waals surface area contributed by atoms with E-state index in [0.29, 0.717) is 24.3 Å². The maximum absolute atomic E-state index is 12.2. The van der Waals surface area contributed by atoms with Gasteiger partial charge in [-0.15, -0.1) is 0 Å². The largest absolute Gasteiger partial charge is 0.465 e. The fraction of sp³-hybridized carbons (Fsp3) is 0.278. The zero-order valence-corrected chi connectivity index (χ0v) is 14.1. The smallest absolute Gasteiger partial charge is 0.337 e. The van der Waals surface area contributed by atoms with Crippen LogP contribution >= 0.6 is 0 Å². The number of carbonyl (C=O) groups is 2. The lowest BCUT2D eigenvalue weighted by Crippen LogP contribution is -2.31. The molecule has 0 spiro atoms. The molecule has 2 rings (SSSR count). The van der Waals surface area contributed by atoms with E-state index < -0.39 is 5.97 Å². The van der Waals surface area contributed by atoms with Gasteiger partial charge < -0.3 is 15.0 Å². The number of hydrogen-bond donors (Lipinski definition) is 1. The van der Waals surface area contributed by atoms with Crippen LogP contribution in [0.15, 0.2) is 42.6 Å². The number of nitrogens with zero attached hydrogens (tertiary/aromatic N) is 2. The van der Waals surface area contributed by atoms with Crippen molar-refractivity contribution in [1.82, 2.24) is 9.88 Å². The predicted octanol–water partition coefficient (Wildman–Crippen LogP) is 3.09. The molecule has 0 aliphatic heterocycles. The van der Waals surface area contributed by atoms with E-state index in [1.807, 2.05) is 19.9 Å². The molecule has 0 fully saturated rings. The Bertz CT molecular complexity index is 710. The van der Waals surface area contributed by atoms with Crippen LogP contribution in [-0.2, 0) is 4.74 Å². The molecule has 0 aliphatic carbocycles. The summed E-state index contributed by atoms with van der Waals surface area (Å²) in [5.41, 5.74) is 2.34. The fourth-order valence-electron chi connectivity index (χ4n) is 2.28. The Kier molecular flexibility index (Phi) is 5.89. The van der Waals surface area contributed by atoms with Crippen LogP contribution in [0.1, 0.15) is 34.7 Å². The van der Waals surface area contributed by atoms with Crippen molar-refractivity contribution < 1.29 is 14.3 Å². The van der Waals surface area contributed by atoms with E-state index in [1.165, 1.54) is 7.11 Å². The van der Waals surface area contributed by atoms with Crippen LogP contribution in [0.3, 0.4) is 0 Å². The molecular weight excluding hydrogens is 306 g/mol. The first kappa shape index (κ1) is 17.5. The molecule has 6 nitrogen and oxygen atoms in total. The van der Waals surface area contributed by atoms with Gasteiger partial charge in [-0.25, -0.2) is 9.78 Å². The summed E-state index contributed by atoms with van der Waals surface area (Å²) in [6.45, 7) is 5.17. The third-order valence-corrected chi connectivity index (χ3v) is 3.61. The molecule has 1 aromatic heterocycles. The molecule has 2 aromatic rings. The molecule has 1 aromatic carbocycles. The summed E-state index contributed by atoms with van der Waals surface area (Å²) < 4.78 is 4.71. The third-order valence-electron chi connectivity index (χ3n) is 3.61. The van der Waals surface area contributed by atoms with Crippen LogP contribution in [-0.4, -0.2) is 42.0 Å². The summed E-state index contributed by atoms with van der Waals surface area (Å²) >= 11 is 0. The maximum Gasteiger partial charge on any atom is 0.337 e. The van der Waals surface area contributed by atoms with Crippen molar-refractivity contribution in [3.8, 4) is 0 Å². The Morgan fingerprint density at radius 3 is 2.46 bits per heavy atom. The minimum Gasteiger partial charge on any atom is -0.465 e. The number of hydrogen-bond acceptors (Lipinski definition) is 5. The van der Waals surface area contributed by atoms with Gasteiger partial charge in [-0.05, 0) is 44.2 Å². The Morgan fingerprint density at radius 1 is 1.12 bits per heavy atom. The lowest BCUT2D eigenvalue weighted by molar-refractivity contribution is 0.0600. The van der Waals surface area contributed by atoms with Gasteiger partial charge in [0.25, 0.3) is 5.91 Å². The minimum absolute atomic E-state index is 0.0840. The first-order chi connectivity index (χ1) is 11.6. The van der Waals surface area contributed by atoms with Crippen molar-refractivity contribution in [2.45, 2.75) is 13.8 Å². The van der Waals surface area contributed by atoms with Gasteiger partial charge in [-0.2, -0.15) is 0 Å². The van der Waals surface area contributed by atoms with Crippen LogP contribution in [0.2, 0.25) is 0 Å². The number of esters is 1. The Hall–Kier alpha value is -2.89. The zero-order chi connectivity index (χ0) is 17.5. The second kappa shape index (κ2) is 8.10. The predicted molar refractivity (Wildman–Crippen MR) is 92.6 cm³/mol. The van der Waals surface area contributed by atoms with Gasteiger partial charge >= 0.3 is 5.97 Å². The molecule has 1 amide bonds. The van der Waals surface area contributed by atoms with Crippen molar-refractivity contribution in [3.63, 3.8) is 0 Å². The van der Waals surface area contributed by atoms with Gasteiger partial charge in [0, 0.05) is 18.8 Å². The lowest BCUT2D eigenvalue weighted by atomic mass is 10.2. The average molecular weight is 327 g/mol. The van der Waals surface area contributed by atoms with Gasteiger partial charge in [0.2, 0.25) is 0 Å². The number of amides is 1. The second-order valence-electron chi connectivity index (χ2n) is 5.11. The fourth-order valence-corrected chi connectivity index (χ4v) is 2.28. The van der Waals surface area contributed by atoms with Gasteiger partial charge in [0.1, 0.15) is 5.69 Å². The first-order valence-electron chi connectivity index (χ1n) is 7.79. The Balaban J connectivity index is 2.12. The first-order valence-corrected chi connectivity index (χ1v) is 7.79. The summed E-state index contributed by atoms with van der Waals surface area (Å²) in [5.74, 6) is -0.476. The number of methoxy groups -OCH3 is 1. The maximum atomic E-state index is 12.2. The monoisotopic (exact) mass is 327 g/mol. The van der Waals surface area contributed by atoms with Crippen molar-refractivity contribution in [3.05, 3.63) is 53.9 Å². The molecule has 24 heavy (non-hydrogen) atoms. The van der Waals surface area contributed by atoms with Gasteiger partial charge in [0.15, 0.2) is 0 Å². The number of aromatic nitrogens is 1. The van der Waals surface area contributed by atoms with Crippen LogP contribution in [0.5, 0.6) is 0 Å². The van der Waals surface area contributed by atoms with E-state index in [-0.39, 0.29) is 5.91 Å². The molecule has 0 bridgehead atoms. The van der Waals surface area contributed by atoms with Crippen molar-refractivity contribution >= 4 is 23.3 Å². The summed E-state index contributed by atoms with van der Waals surface area (Å²) in [6, 6.07) is 10.4. The average Bonchev–Trinajstić information content (AvgIpc) is 2.62. The van der Waals surface area contributed by atoms with E-state index in [1.54, 1.807) is 41.4 Å². The highest BCUT2D eigenvalue weighted by atomic mass is 16.5. The van der Waals surface area contributed by atoms with E-state index in [9.17, 15) is 9.59 Å². The molecule has 0 saturated heterocycles. The van der Waals surface area contributed by atoms with Crippen molar-refractivity contribution in [2.75, 3.05) is 25.5 Å². The highest BCUT2D eigenvalue weighted by Crippen LogP contribution is 2.18. The molecule has 0 aliphatic rings. The quantitative estimate of drug-likeness (QED) is 0.826. The van der Waals surface area contributed by atoms with Gasteiger partial charge in [-0.3, -0.25) is 4.79 Å². The number of carbonyl (C=O) groups excluding carboxylic acids is 2. The number of rotatable bonds is 6. The summed E-state index contributed by atoms with van der Waals surface area (Å²) in [7, 11) is 1.35. The van der Waals surface area contributed by atoms with Crippen molar-refractivity contribution in [1.29, 1.82) is 0 Å². The number of benzene rings is 1. The molecule has 0 radical (unpaired) electrons. The molecule has 0 saturated carbocycles. The molecular formula is C18H21N3O3. The summed E-state index contributed by atoms with van der Waals surface area (Å²) in [4.78, 5) is 29.7. The second-order valence-corrected chi connectivity index (χ2v) is 5.11. The van der Waals surface area contributed by atoms with Crippen LogP contribution in [0.4, 0.5) is 11.4 Å². The highest BCUT2D eigenvalue weighted by molar-refractivity contribution is 5.92. The number of nitrogens with one attached hydrogen (secondary N) is 1. The molecule has 0 unspecified atom stereocenters. The zero-order valence-electron chi connectivity index (χ0n) is 14.1. The van der Waals surface area contributed by atoms with E-state index in [2.05, 4.69) is 10.3 Å². The SMILES string of the molecule is CCN(CC)C(=O)c1ccc(Nc2cccc(C(=O)OC)c2)cn1. The summed E-state index contributed by atoms with van der Waals surface area (Å²) in [5, 5.41) is 3.15. The molecule has 1 heterocycles. The number of pyridine rings is 1. The molecule has 0 atom stereocenters. The number of ether oxygens (including phenoxy) is 1. The van der Waals surface area contributed by atoms with E-state index in [4.69, 9.17) is 4.74 Å². The lowest BCUT2D eigenvalue weighted by Gasteiger charge is -2.18. The normalized spacial score (nSPS) is 10.1. The van der Waals surface area contributed by atoms with Crippen LogP contribution < -0.4 is 5.32 Å². The van der Waals surface area contributed by atoms with Gasteiger partial charge in [-0.1, -0.05) is 6.07 Å². The van der Waals surface area contributed by atoms with Crippen LogP contribution in [0.25, 0.3) is 0 Å². The third kappa shape index (κ3) is 4.10. The van der Waals surface area contributed by atoms with Crippen LogP contribution in [0, 0.1) is 0 Å². The molecule has 126 valence electrons.